The van der Waals surface area contributed by atoms with E-state index in [1.807, 2.05) is 12.3 Å². The normalized spacial score (nSPS) is 10.3. The number of nitrogen functional groups attached to an aromatic ring is 1. The first-order valence-corrected chi connectivity index (χ1v) is 6.98. The predicted octanol–water partition coefficient (Wildman–Crippen LogP) is 1.87. The quantitative estimate of drug-likeness (QED) is 0.818. The molecule has 0 saturated carbocycles. The van der Waals surface area contributed by atoms with Crippen LogP contribution in [-0.4, -0.2) is 29.6 Å². The molecule has 3 N–H and O–H groups in total. The van der Waals surface area contributed by atoms with Crippen LogP contribution < -0.4 is 11.1 Å². The van der Waals surface area contributed by atoms with E-state index < -0.39 is 5.97 Å². The fraction of sp³-hybridized carbons (Fsp3) is 0.308. The smallest absolute Gasteiger partial charge is 0.356 e. The lowest BCUT2D eigenvalue weighted by Gasteiger charge is -2.08. The van der Waals surface area contributed by atoms with Crippen LogP contribution in [0.4, 0.5) is 11.5 Å². The lowest BCUT2D eigenvalue weighted by atomic mass is 10.3. The molecular formula is C13H16N4O2S. The summed E-state index contributed by atoms with van der Waals surface area (Å²) in [5.74, 6) is 0.00280. The number of methoxy groups -OCH3 is 1. The number of nitrogens with zero attached hydrogens (tertiary/aromatic N) is 2. The molecule has 20 heavy (non-hydrogen) atoms. The van der Waals surface area contributed by atoms with Gasteiger partial charge in [0.15, 0.2) is 5.69 Å². The Bertz CT molecular complexity index is 612. The van der Waals surface area contributed by atoms with Crippen LogP contribution in [0.5, 0.6) is 0 Å². The molecule has 106 valence electrons. The van der Waals surface area contributed by atoms with E-state index in [0.29, 0.717) is 18.1 Å². The summed E-state index contributed by atoms with van der Waals surface area (Å²) in [4.78, 5) is 19.9. The summed E-state index contributed by atoms with van der Waals surface area (Å²) < 4.78 is 4.63. The number of pyridine rings is 1. The molecular weight excluding hydrogens is 276 g/mol. The molecule has 0 spiro atoms. The fourth-order valence-electron chi connectivity index (χ4n) is 1.66. The van der Waals surface area contributed by atoms with Gasteiger partial charge in [-0.3, -0.25) is 0 Å². The number of esters is 1. The Hall–Kier alpha value is -2.15. The van der Waals surface area contributed by atoms with Crippen molar-refractivity contribution in [1.82, 2.24) is 9.97 Å². The van der Waals surface area contributed by atoms with Crippen LogP contribution in [0.2, 0.25) is 0 Å². The number of thiazole rings is 1. The number of carbonyl (C=O) groups excluding carboxylic acids is 1. The summed E-state index contributed by atoms with van der Waals surface area (Å²) in [6, 6.07) is 3.17. The molecule has 2 rings (SSSR count). The van der Waals surface area contributed by atoms with Crippen molar-refractivity contribution in [3.63, 3.8) is 0 Å². The number of carbonyl (C=O) groups is 1. The summed E-state index contributed by atoms with van der Waals surface area (Å²) in [7, 11) is 1.32. The minimum Gasteiger partial charge on any atom is -0.464 e. The van der Waals surface area contributed by atoms with Crippen LogP contribution in [0.1, 0.15) is 21.2 Å². The standard InChI is InChI=1S/C13H16N4O2S/c1-8-16-9(7-20-8)5-6-15-12-10(14)3-4-11(17-12)13(18)19-2/h3-4,7H,5-6,14H2,1-2H3,(H,15,17). The van der Waals surface area contributed by atoms with Gasteiger partial charge in [-0.15, -0.1) is 11.3 Å². The first-order valence-electron chi connectivity index (χ1n) is 6.10. The van der Waals surface area contributed by atoms with E-state index >= 15 is 0 Å². The maximum Gasteiger partial charge on any atom is 0.356 e. The van der Waals surface area contributed by atoms with Crippen molar-refractivity contribution in [2.24, 2.45) is 0 Å². The number of hydrogen-bond acceptors (Lipinski definition) is 7. The fourth-order valence-corrected chi connectivity index (χ4v) is 2.31. The van der Waals surface area contributed by atoms with Gasteiger partial charge in [-0.2, -0.15) is 0 Å². The van der Waals surface area contributed by atoms with Crippen molar-refractivity contribution in [3.05, 3.63) is 33.9 Å². The van der Waals surface area contributed by atoms with Gasteiger partial charge < -0.3 is 15.8 Å². The Labute approximate surface area is 121 Å². The summed E-state index contributed by atoms with van der Waals surface area (Å²) >= 11 is 1.62. The molecule has 0 atom stereocenters. The third-order valence-electron chi connectivity index (χ3n) is 2.66. The second kappa shape index (κ2) is 6.33. The lowest BCUT2D eigenvalue weighted by molar-refractivity contribution is 0.0594. The number of ether oxygens (including phenoxy) is 1. The van der Waals surface area contributed by atoms with Gasteiger partial charge >= 0.3 is 5.97 Å². The molecule has 2 aromatic heterocycles. The van der Waals surface area contributed by atoms with Gasteiger partial charge in [0.25, 0.3) is 0 Å². The zero-order valence-electron chi connectivity index (χ0n) is 11.3. The van der Waals surface area contributed by atoms with Crippen LogP contribution in [0.3, 0.4) is 0 Å². The maximum absolute atomic E-state index is 11.4. The lowest BCUT2D eigenvalue weighted by Crippen LogP contribution is -2.12. The van der Waals surface area contributed by atoms with Crippen molar-refractivity contribution >= 4 is 28.8 Å². The molecule has 7 heteroatoms. The molecule has 0 radical (unpaired) electrons. The molecule has 0 unspecified atom stereocenters. The SMILES string of the molecule is COC(=O)c1ccc(N)c(NCCc2csc(C)n2)n1. The number of aromatic nitrogens is 2. The summed E-state index contributed by atoms with van der Waals surface area (Å²) in [6.07, 6.45) is 0.772. The minimum atomic E-state index is -0.483. The number of anilines is 2. The van der Waals surface area contributed by atoms with E-state index in [1.54, 1.807) is 17.4 Å². The topological polar surface area (TPSA) is 90.1 Å². The Morgan fingerprint density at radius 2 is 2.25 bits per heavy atom. The average Bonchev–Trinajstić information content (AvgIpc) is 2.85. The molecule has 0 bridgehead atoms. The van der Waals surface area contributed by atoms with E-state index in [4.69, 9.17) is 5.73 Å². The summed E-state index contributed by atoms with van der Waals surface area (Å²) in [5.41, 5.74) is 7.58. The molecule has 6 nitrogen and oxygen atoms in total. The van der Waals surface area contributed by atoms with Crippen molar-refractivity contribution in [1.29, 1.82) is 0 Å². The monoisotopic (exact) mass is 292 g/mol. The molecule has 2 aromatic rings. The highest BCUT2D eigenvalue weighted by atomic mass is 32.1. The van der Waals surface area contributed by atoms with E-state index in [0.717, 1.165) is 17.1 Å². The zero-order chi connectivity index (χ0) is 14.5. The first kappa shape index (κ1) is 14.3. The third-order valence-corrected chi connectivity index (χ3v) is 3.48. The second-order valence-corrected chi connectivity index (χ2v) is 5.22. The molecule has 0 amide bonds. The molecule has 2 heterocycles. The Morgan fingerprint density at radius 3 is 2.90 bits per heavy atom. The van der Waals surface area contributed by atoms with Gasteiger partial charge in [-0.05, 0) is 19.1 Å². The summed E-state index contributed by atoms with van der Waals surface area (Å²) in [6.45, 7) is 2.62. The molecule has 0 aliphatic rings. The maximum atomic E-state index is 11.4. The highest BCUT2D eigenvalue weighted by molar-refractivity contribution is 7.09. The van der Waals surface area contributed by atoms with E-state index in [9.17, 15) is 4.79 Å². The largest absolute Gasteiger partial charge is 0.464 e. The van der Waals surface area contributed by atoms with E-state index in [-0.39, 0.29) is 5.69 Å². The van der Waals surface area contributed by atoms with Crippen molar-refractivity contribution < 1.29 is 9.53 Å². The number of hydrogen-bond donors (Lipinski definition) is 2. The number of nitrogens with two attached hydrogens (primary N) is 1. The Balaban J connectivity index is 1.99. The average molecular weight is 292 g/mol. The predicted molar refractivity (Wildman–Crippen MR) is 79.0 cm³/mol. The van der Waals surface area contributed by atoms with Crippen molar-refractivity contribution in [2.45, 2.75) is 13.3 Å². The minimum absolute atomic E-state index is 0.230. The third kappa shape index (κ3) is 3.45. The van der Waals surface area contributed by atoms with Crippen molar-refractivity contribution in [2.75, 3.05) is 24.7 Å². The van der Waals surface area contributed by atoms with E-state index in [2.05, 4.69) is 20.0 Å². The van der Waals surface area contributed by atoms with Crippen LogP contribution in [0, 0.1) is 6.92 Å². The molecule has 0 aromatic carbocycles. The van der Waals surface area contributed by atoms with Gasteiger partial charge in [0, 0.05) is 18.3 Å². The van der Waals surface area contributed by atoms with Crippen LogP contribution in [0.15, 0.2) is 17.5 Å². The van der Waals surface area contributed by atoms with Crippen LogP contribution >= 0.6 is 11.3 Å². The molecule has 0 aliphatic carbocycles. The second-order valence-electron chi connectivity index (χ2n) is 4.16. The number of rotatable bonds is 5. The number of aryl methyl sites for hydroxylation is 1. The molecule has 0 fully saturated rings. The summed E-state index contributed by atoms with van der Waals surface area (Å²) in [5, 5.41) is 6.18. The van der Waals surface area contributed by atoms with Gasteiger partial charge in [0.1, 0.15) is 5.82 Å². The Morgan fingerprint density at radius 1 is 1.45 bits per heavy atom. The zero-order valence-corrected chi connectivity index (χ0v) is 12.2. The van der Waals surface area contributed by atoms with Gasteiger partial charge in [-0.1, -0.05) is 0 Å². The molecule has 0 aliphatic heterocycles. The van der Waals surface area contributed by atoms with Gasteiger partial charge in [0.2, 0.25) is 0 Å². The van der Waals surface area contributed by atoms with Crippen molar-refractivity contribution in [3.8, 4) is 0 Å². The van der Waals surface area contributed by atoms with E-state index in [1.165, 1.54) is 13.2 Å². The first-order chi connectivity index (χ1) is 9.60. The van der Waals surface area contributed by atoms with Gasteiger partial charge in [0.05, 0.1) is 23.5 Å². The highest BCUT2D eigenvalue weighted by Gasteiger charge is 2.10. The molecule has 0 saturated heterocycles. The van der Waals surface area contributed by atoms with Crippen LogP contribution in [0.25, 0.3) is 0 Å². The Kier molecular flexibility index (Phi) is 4.52. The van der Waals surface area contributed by atoms with Crippen LogP contribution in [-0.2, 0) is 11.2 Å². The highest BCUT2D eigenvalue weighted by Crippen LogP contribution is 2.16. The number of nitrogens with one attached hydrogen (secondary N) is 1. The van der Waals surface area contributed by atoms with Gasteiger partial charge in [-0.25, -0.2) is 14.8 Å².